The zero-order chi connectivity index (χ0) is 25.7. The second kappa shape index (κ2) is 10.8. The van der Waals surface area contributed by atoms with Crippen LogP contribution in [0.15, 0.2) is 60.9 Å². The van der Waals surface area contributed by atoms with Gasteiger partial charge in [-0.3, -0.25) is 0 Å². The van der Waals surface area contributed by atoms with Gasteiger partial charge in [0.25, 0.3) is 0 Å². The summed E-state index contributed by atoms with van der Waals surface area (Å²) >= 11 is 0. The van der Waals surface area contributed by atoms with Crippen molar-refractivity contribution in [1.82, 2.24) is 14.9 Å². The molecule has 2 aromatic carbocycles. The fourth-order valence-electron chi connectivity index (χ4n) is 4.07. The molecular formula is C27H33N5O4. The summed E-state index contributed by atoms with van der Waals surface area (Å²) in [6, 6.07) is 17.1. The fourth-order valence-corrected chi connectivity index (χ4v) is 4.07. The van der Waals surface area contributed by atoms with Gasteiger partial charge in [-0.15, -0.1) is 0 Å². The van der Waals surface area contributed by atoms with Crippen LogP contribution < -0.4 is 15.8 Å². The maximum absolute atomic E-state index is 12.3. The molecule has 0 radical (unpaired) electrons. The Labute approximate surface area is 211 Å². The maximum atomic E-state index is 12.3. The predicted molar refractivity (Wildman–Crippen MR) is 139 cm³/mol. The normalized spacial score (nSPS) is 17.9. The van der Waals surface area contributed by atoms with E-state index in [4.69, 9.17) is 15.2 Å². The molecule has 3 aromatic rings. The van der Waals surface area contributed by atoms with Crippen LogP contribution in [-0.2, 0) is 4.74 Å². The number of hydrogen-bond acceptors (Lipinski definition) is 8. The van der Waals surface area contributed by atoms with E-state index in [-0.39, 0.29) is 12.5 Å². The quantitative estimate of drug-likeness (QED) is 0.459. The maximum Gasteiger partial charge on any atom is 0.410 e. The molecule has 1 fully saturated rings. The number of nitrogen functional groups attached to an aromatic ring is 1. The molecule has 1 aliphatic rings. The Kier molecular flexibility index (Phi) is 7.59. The number of carbonyl (C=O) groups excluding carboxylic acids is 1. The predicted octanol–water partition coefficient (Wildman–Crippen LogP) is 4.55. The van der Waals surface area contributed by atoms with Crippen LogP contribution in [0.1, 0.15) is 27.2 Å². The topological polar surface area (TPSA) is 123 Å². The van der Waals surface area contributed by atoms with E-state index < -0.39 is 17.8 Å². The number of likely N-dealkylation sites (tertiary alicyclic amines) is 1. The summed E-state index contributed by atoms with van der Waals surface area (Å²) in [5.74, 6) is 2.33. The lowest BCUT2D eigenvalue weighted by molar-refractivity contribution is -0.0104. The van der Waals surface area contributed by atoms with Gasteiger partial charge in [0.05, 0.1) is 18.2 Å². The first-order valence-corrected chi connectivity index (χ1v) is 12.0. The van der Waals surface area contributed by atoms with Crippen molar-refractivity contribution in [2.24, 2.45) is 5.92 Å². The van der Waals surface area contributed by atoms with E-state index in [2.05, 4.69) is 15.3 Å². The number of piperidine rings is 1. The van der Waals surface area contributed by atoms with Crippen LogP contribution in [0.3, 0.4) is 0 Å². The Balaban J connectivity index is 1.40. The van der Waals surface area contributed by atoms with Gasteiger partial charge < -0.3 is 30.5 Å². The smallest absolute Gasteiger partial charge is 0.410 e. The zero-order valence-corrected chi connectivity index (χ0v) is 20.8. The summed E-state index contributed by atoms with van der Waals surface area (Å²) in [6.45, 7) is 6.69. The van der Waals surface area contributed by atoms with Crippen molar-refractivity contribution in [2.75, 3.05) is 30.7 Å². The molecular weight excluding hydrogens is 458 g/mol. The number of nitrogens with zero attached hydrogens (tertiary/aromatic N) is 3. The van der Waals surface area contributed by atoms with Crippen molar-refractivity contribution >= 4 is 17.7 Å². The van der Waals surface area contributed by atoms with Crippen LogP contribution in [0.4, 0.5) is 16.4 Å². The highest BCUT2D eigenvalue weighted by atomic mass is 16.6. The minimum atomic E-state index is -0.684. The molecule has 4 rings (SSSR count). The number of rotatable bonds is 6. The standard InChI is InChI=1S/C27H33N5O4/c1-27(2,3)36-26(34)32-14-13-19(22(33)16-32)15-29-25-23(24(28)30-17-31-25)18-9-11-21(12-10-18)35-20-7-5-4-6-8-20/h4-12,17,19,22,33H,13-16H2,1-3H3,(H3,28,29,30,31)/t19-,22-/m0/s1. The Morgan fingerprint density at radius 2 is 1.81 bits per heavy atom. The van der Waals surface area contributed by atoms with Crippen LogP contribution in [0.5, 0.6) is 11.5 Å². The number of benzene rings is 2. The van der Waals surface area contributed by atoms with E-state index in [9.17, 15) is 9.90 Å². The lowest BCUT2D eigenvalue weighted by atomic mass is 9.94. The molecule has 4 N–H and O–H groups in total. The zero-order valence-electron chi connectivity index (χ0n) is 20.8. The number of aliphatic hydroxyl groups excluding tert-OH is 1. The number of aromatic nitrogens is 2. The molecule has 1 saturated heterocycles. The first kappa shape index (κ1) is 25.2. The van der Waals surface area contributed by atoms with E-state index in [1.165, 1.54) is 6.33 Å². The Morgan fingerprint density at radius 3 is 2.47 bits per heavy atom. The van der Waals surface area contributed by atoms with E-state index in [0.29, 0.717) is 42.5 Å². The van der Waals surface area contributed by atoms with Crippen LogP contribution in [-0.4, -0.2) is 57.4 Å². The Bertz CT molecular complexity index is 1170. The van der Waals surface area contributed by atoms with Gasteiger partial charge in [0.2, 0.25) is 0 Å². The van der Waals surface area contributed by atoms with Crippen LogP contribution >= 0.6 is 0 Å². The number of β-amino-alcohol motifs (C(OH)–C–C–N with tert-alkyl or cyclic N) is 1. The molecule has 1 aromatic heterocycles. The Morgan fingerprint density at radius 1 is 1.11 bits per heavy atom. The number of para-hydroxylation sites is 1. The van der Waals surface area contributed by atoms with Gasteiger partial charge in [-0.05, 0) is 57.0 Å². The monoisotopic (exact) mass is 491 g/mol. The van der Waals surface area contributed by atoms with Crippen LogP contribution in [0, 0.1) is 5.92 Å². The average Bonchev–Trinajstić information content (AvgIpc) is 2.83. The Hall–Kier alpha value is -3.85. The number of aliphatic hydroxyl groups is 1. The number of anilines is 2. The van der Waals surface area contributed by atoms with Gasteiger partial charge >= 0.3 is 6.09 Å². The molecule has 9 heteroatoms. The van der Waals surface area contributed by atoms with Crippen LogP contribution in [0.25, 0.3) is 11.1 Å². The molecule has 0 saturated carbocycles. The summed E-state index contributed by atoms with van der Waals surface area (Å²) in [5, 5.41) is 14.0. The van der Waals surface area contributed by atoms with Crippen molar-refractivity contribution in [3.05, 3.63) is 60.9 Å². The van der Waals surface area contributed by atoms with Crippen molar-refractivity contribution in [1.29, 1.82) is 0 Å². The highest BCUT2D eigenvalue weighted by Crippen LogP contribution is 2.33. The van der Waals surface area contributed by atoms with Crippen LogP contribution in [0.2, 0.25) is 0 Å². The molecule has 0 bridgehead atoms. The van der Waals surface area contributed by atoms with Crippen molar-refractivity contribution in [3.8, 4) is 22.6 Å². The lowest BCUT2D eigenvalue weighted by Gasteiger charge is -2.36. The summed E-state index contributed by atoms with van der Waals surface area (Å²) in [5.41, 5.74) is 7.18. The van der Waals surface area contributed by atoms with Gasteiger partial charge in [-0.2, -0.15) is 0 Å². The molecule has 0 unspecified atom stereocenters. The van der Waals surface area contributed by atoms with E-state index in [1.54, 1.807) is 4.90 Å². The lowest BCUT2D eigenvalue weighted by Crippen LogP contribution is -2.49. The van der Waals surface area contributed by atoms with E-state index in [0.717, 1.165) is 11.3 Å². The molecule has 0 spiro atoms. The first-order valence-electron chi connectivity index (χ1n) is 12.0. The number of ether oxygens (including phenoxy) is 2. The van der Waals surface area contributed by atoms with Gasteiger partial charge in [0.1, 0.15) is 35.1 Å². The molecule has 190 valence electrons. The second-order valence-corrected chi connectivity index (χ2v) is 9.85. The number of nitrogens with one attached hydrogen (secondary N) is 1. The molecule has 0 aliphatic carbocycles. The van der Waals surface area contributed by atoms with Gasteiger partial charge in [-0.1, -0.05) is 30.3 Å². The largest absolute Gasteiger partial charge is 0.457 e. The summed E-state index contributed by atoms with van der Waals surface area (Å²) in [4.78, 5) is 22.5. The third kappa shape index (κ3) is 6.42. The highest BCUT2D eigenvalue weighted by Gasteiger charge is 2.32. The second-order valence-electron chi connectivity index (χ2n) is 9.85. The minimum absolute atomic E-state index is 0.0608. The van der Waals surface area contributed by atoms with Crippen molar-refractivity contribution in [3.63, 3.8) is 0 Å². The third-order valence-electron chi connectivity index (χ3n) is 5.90. The number of amides is 1. The number of nitrogens with two attached hydrogens (primary N) is 1. The molecule has 2 atom stereocenters. The molecule has 9 nitrogen and oxygen atoms in total. The summed E-state index contributed by atoms with van der Waals surface area (Å²) in [7, 11) is 0. The highest BCUT2D eigenvalue weighted by molar-refractivity contribution is 5.83. The molecule has 1 amide bonds. The van der Waals surface area contributed by atoms with Gasteiger partial charge in [-0.25, -0.2) is 14.8 Å². The van der Waals surface area contributed by atoms with Gasteiger partial charge in [0.15, 0.2) is 0 Å². The molecule has 36 heavy (non-hydrogen) atoms. The van der Waals surface area contributed by atoms with E-state index in [1.807, 2.05) is 75.4 Å². The summed E-state index contributed by atoms with van der Waals surface area (Å²) < 4.78 is 11.3. The van der Waals surface area contributed by atoms with E-state index >= 15 is 0 Å². The summed E-state index contributed by atoms with van der Waals surface area (Å²) in [6.07, 6.45) is 0.957. The number of carbonyl (C=O) groups is 1. The average molecular weight is 492 g/mol. The first-order chi connectivity index (χ1) is 17.2. The SMILES string of the molecule is CC(C)(C)OC(=O)N1CC[C@@H](CNc2ncnc(N)c2-c2ccc(Oc3ccccc3)cc2)[C@@H](O)C1. The number of hydrogen-bond donors (Lipinski definition) is 3. The van der Waals surface area contributed by atoms with Crippen molar-refractivity contribution < 1.29 is 19.4 Å². The molecule has 1 aliphatic heterocycles. The van der Waals surface area contributed by atoms with Gasteiger partial charge in [0, 0.05) is 19.0 Å². The fraction of sp³-hybridized carbons (Fsp3) is 0.370. The third-order valence-corrected chi connectivity index (χ3v) is 5.90. The van der Waals surface area contributed by atoms with Crippen molar-refractivity contribution in [2.45, 2.75) is 38.9 Å². The molecule has 2 heterocycles. The minimum Gasteiger partial charge on any atom is -0.457 e.